The lowest BCUT2D eigenvalue weighted by Gasteiger charge is -2.39. The third kappa shape index (κ3) is 2.30. The molecule has 2 aromatic rings. The van der Waals surface area contributed by atoms with E-state index in [9.17, 15) is 4.79 Å². The van der Waals surface area contributed by atoms with E-state index in [-0.39, 0.29) is 11.9 Å². The first-order valence-electron chi connectivity index (χ1n) is 7.90. The number of carbonyl (C=O) groups excluding carboxylic acids is 1. The van der Waals surface area contributed by atoms with Crippen LogP contribution in [0.15, 0.2) is 24.4 Å². The highest BCUT2D eigenvalue weighted by atomic mass is 16.2. The molecule has 1 aliphatic heterocycles. The molecule has 0 unspecified atom stereocenters. The van der Waals surface area contributed by atoms with Gasteiger partial charge in [0.2, 0.25) is 0 Å². The van der Waals surface area contributed by atoms with Gasteiger partial charge in [0.15, 0.2) is 0 Å². The zero-order valence-electron chi connectivity index (χ0n) is 13.0. The normalized spacial score (nSPS) is 18.4. The summed E-state index contributed by atoms with van der Waals surface area (Å²) in [6.07, 6.45) is 4.53. The quantitative estimate of drug-likeness (QED) is 0.874. The second-order valence-electron chi connectivity index (χ2n) is 6.58. The van der Waals surface area contributed by atoms with Gasteiger partial charge in [-0.25, -0.2) is 4.68 Å². The van der Waals surface area contributed by atoms with Gasteiger partial charge in [-0.15, -0.1) is 5.10 Å². The lowest BCUT2D eigenvalue weighted by Crippen LogP contribution is -2.51. The summed E-state index contributed by atoms with van der Waals surface area (Å²) in [5.41, 5.74) is 4.15. The van der Waals surface area contributed by atoms with Crippen molar-refractivity contribution < 1.29 is 4.79 Å². The molecule has 0 radical (unpaired) electrons. The Morgan fingerprint density at radius 1 is 1.23 bits per heavy atom. The van der Waals surface area contributed by atoms with E-state index in [0.29, 0.717) is 5.92 Å². The van der Waals surface area contributed by atoms with E-state index in [1.54, 1.807) is 0 Å². The zero-order chi connectivity index (χ0) is 15.3. The number of benzene rings is 1. The fourth-order valence-electron chi connectivity index (χ4n) is 3.05. The van der Waals surface area contributed by atoms with Crippen LogP contribution in [-0.4, -0.2) is 38.9 Å². The molecule has 1 amide bonds. The van der Waals surface area contributed by atoms with Crippen LogP contribution in [0, 0.1) is 13.8 Å². The van der Waals surface area contributed by atoms with Gasteiger partial charge in [0, 0.05) is 30.8 Å². The number of hydrogen-bond donors (Lipinski definition) is 0. The molecule has 22 heavy (non-hydrogen) atoms. The molecule has 0 atom stereocenters. The molecule has 1 aromatic heterocycles. The van der Waals surface area contributed by atoms with Crippen LogP contribution in [0.3, 0.4) is 0 Å². The van der Waals surface area contributed by atoms with E-state index >= 15 is 0 Å². The van der Waals surface area contributed by atoms with Crippen molar-refractivity contribution in [2.45, 2.75) is 38.6 Å². The summed E-state index contributed by atoms with van der Waals surface area (Å²) in [5, 5.41) is 8.47. The van der Waals surface area contributed by atoms with E-state index < -0.39 is 0 Å². The molecular weight excluding hydrogens is 276 g/mol. The fourth-order valence-corrected chi connectivity index (χ4v) is 3.05. The predicted molar refractivity (Wildman–Crippen MR) is 82.9 cm³/mol. The first-order valence-corrected chi connectivity index (χ1v) is 7.90. The van der Waals surface area contributed by atoms with Gasteiger partial charge in [0.25, 0.3) is 5.91 Å². The molecule has 5 heteroatoms. The van der Waals surface area contributed by atoms with Crippen LogP contribution in [0.5, 0.6) is 0 Å². The predicted octanol–water partition coefficient (Wildman–Crippen LogP) is 2.47. The Hall–Kier alpha value is -2.17. The highest BCUT2D eigenvalue weighted by Crippen LogP contribution is 2.39. The van der Waals surface area contributed by atoms with Crippen molar-refractivity contribution in [1.29, 1.82) is 0 Å². The average Bonchev–Trinajstić information content (AvgIpc) is 3.17. The van der Waals surface area contributed by atoms with Crippen LogP contribution in [0.25, 0.3) is 0 Å². The molecule has 4 rings (SSSR count). The van der Waals surface area contributed by atoms with Crippen LogP contribution in [0.1, 0.15) is 52.0 Å². The molecule has 114 valence electrons. The third-order valence-corrected chi connectivity index (χ3v) is 4.66. The van der Waals surface area contributed by atoms with Crippen LogP contribution in [0.4, 0.5) is 0 Å². The fraction of sp³-hybridized carbons (Fsp3) is 0.471. The van der Waals surface area contributed by atoms with Crippen LogP contribution >= 0.6 is 0 Å². The Morgan fingerprint density at radius 3 is 2.68 bits per heavy atom. The number of hydrogen-bond acceptors (Lipinski definition) is 3. The van der Waals surface area contributed by atoms with Gasteiger partial charge in [-0.2, -0.15) is 0 Å². The SMILES string of the molecule is Cc1ccc(C(=O)N2CC(n3cc(C4CC4)nn3)C2)c(C)c1. The maximum absolute atomic E-state index is 12.5. The summed E-state index contributed by atoms with van der Waals surface area (Å²) in [7, 11) is 0. The minimum Gasteiger partial charge on any atom is -0.334 e. The Bertz CT molecular complexity index is 726. The largest absolute Gasteiger partial charge is 0.334 e. The van der Waals surface area contributed by atoms with E-state index in [1.165, 1.54) is 18.4 Å². The topological polar surface area (TPSA) is 51.0 Å². The smallest absolute Gasteiger partial charge is 0.254 e. The lowest BCUT2D eigenvalue weighted by molar-refractivity contribution is 0.0497. The number of likely N-dealkylation sites (tertiary alicyclic amines) is 1. The van der Waals surface area contributed by atoms with E-state index in [1.807, 2.05) is 35.6 Å². The van der Waals surface area contributed by atoms with Gasteiger partial charge < -0.3 is 4.90 Å². The first kappa shape index (κ1) is 13.5. The van der Waals surface area contributed by atoms with Gasteiger partial charge in [-0.1, -0.05) is 22.9 Å². The van der Waals surface area contributed by atoms with E-state index in [4.69, 9.17) is 0 Å². The van der Waals surface area contributed by atoms with Gasteiger partial charge in [0.05, 0.1) is 11.7 Å². The summed E-state index contributed by atoms with van der Waals surface area (Å²) in [4.78, 5) is 14.4. The summed E-state index contributed by atoms with van der Waals surface area (Å²) in [6.45, 7) is 5.49. The molecule has 5 nitrogen and oxygen atoms in total. The lowest BCUT2D eigenvalue weighted by atomic mass is 10.0. The Balaban J connectivity index is 1.42. The average molecular weight is 296 g/mol. The highest BCUT2D eigenvalue weighted by Gasteiger charge is 2.35. The maximum Gasteiger partial charge on any atom is 0.254 e. The van der Waals surface area contributed by atoms with Crippen LogP contribution in [0.2, 0.25) is 0 Å². The van der Waals surface area contributed by atoms with Gasteiger partial charge >= 0.3 is 0 Å². The summed E-state index contributed by atoms with van der Waals surface area (Å²) in [5.74, 6) is 0.748. The molecule has 1 aliphatic carbocycles. The maximum atomic E-state index is 12.5. The highest BCUT2D eigenvalue weighted by molar-refractivity contribution is 5.96. The number of nitrogens with zero attached hydrogens (tertiary/aromatic N) is 4. The molecule has 1 aromatic carbocycles. The summed E-state index contributed by atoms with van der Waals surface area (Å²) in [6, 6.07) is 6.26. The standard InChI is InChI=1S/C17H20N4O/c1-11-3-6-15(12(2)7-11)17(22)20-8-14(9-20)21-10-16(18-19-21)13-4-5-13/h3,6-7,10,13-14H,4-5,8-9H2,1-2H3. The Kier molecular flexibility index (Phi) is 3.03. The van der Waals surface area contributed by atoms with Crippen molar-refractivity contribution in [2.24, 2.45) is 0 Å². The van der Waals surface area contributed by atoms with E-state index in [2.05, 4.69) is 22.6 Å². The minimum atomic E-state index is 0.122. The molecule has 0 spiro atoms. The molecule has 1 saturated heterocycles. The first-order chi connectivity index (χ1) is 10.6. The summed E-state index contributed by atoms with van der Waals surface area (Å²) < 4.78 is 1.93. The molecular formula is C17H20N4O. The summed E-state index contributed by atoms with van der Waals surface area (Å²) >= 11 is 0. The van der Waals surface area contributed by atoms with Crippen molar-refractivity contribution in [3.05, 3.63) is 46.8 Å². The van der Waals surface area contributed by atoms with Gasteiger partial charge in [-0.3, -0.25) is 4.79 Å². The minimum absolute atomic E-state index is 0.122. The van der Waals surface area contributed by atoms with Crippen LogP contribution < -0.4 is 0 Å². The van der Waals surface area contributed by atoms with Crippen molar-refractivity contribution in [3.8, 4) is 0 Å². The number of amides is 1. The van der Waals surface area contributed by atoms with Crippen molar-refractivity contribution in [3.63, 3.8) is 0 Å². The Labute approximate surface area is 129 Å². The third-order valence-electron chi connectivity index (χ3n) is 4.66. The second-order valence-corrected chi connectivity index (χ2v) is 6.58. The molecule has 2 heterocycles. The molecule has 0 bridgehead atoms. The number of aromatic nitrogens is 3. The zero-order valence-corrected chi connectivity index (χ0v) is 13.0. The van der Waals surface area contributed by atoms with Crippen molar-refractivity contribution >= 4 is 5.91 Å². The number of rotatable bonds is 3. The van der Waals surface area contributed by atoms with Crippen LogP contribution in [-0.2, 0) is 0 Å². The molecule has 1 saturated carbocycles. The molecule has 2 fully saturated rings. The van der Waals surface area contributed by atoms with E-state index in [0.717, 1.165) is 29.9 Å². The molecule has 2 aliphatic rings. The molecule has 0 N–H and O–H groups in total. The second kappa shape index (κ2) is 4.93. The number of aryl methyl sites for hydroxylation is 2. The Morgan fingerprint density at radius 2 is 2.00 bits per heavy atom. The van der Waals surface area contributed by atoms with Gasteiger partial charge in [0.1, 0.15) is 0 Å². The van der Waals surface area contributed by atoms with Crippen molar-refractivity contribution in [2.75, 3.05) is 13.1 Å². The van der Waals surface area contributed by atoms with Crippen molar-refractivity contribution in [1.82, 2.24) is 19.9 Å². The monoisotopic (exact) mass is 296 g/mol. The number of carbonyl (C=O) groups is 1. The van der Waals surface area contributed by atoms with Gasteiger partial charge in [-0.05, 0) is 38.3 Å².